The quantitative estimate of drug-likeness (QED) is 0.770. The molecule has 1 heterocycles. The molecule has 0 saturated carbocycles. The minimum atomic E-state index is -6.00. The Hall–Kier alpha value is -0.320. The first kappa shape index (κ1) is 14.7. The number of piperidine rings is 1. The molecule has 0 aromatic rings. The van der Waals surface area contributed by atoms with Crippen LogP contribution in [0.25, 0.3) is 0 Å². The van der Waals surface area contributed by atoms with Crippen molar-refractivity contribution in [1.82, 2.24) is 4.31 Å². The van der Waals surface area contributed by atoms with Gasteiger partial charge in [0.25, 0.3) is 10.0 Å². The number of nitrogens with zero attached hydrogens (tertiary/aromatic N) is 1. The lowest BCUT2D eigenvalue weighted by atomic mass is 10.1. The van der Waals surface area contributed by atoms with Gasteiger partial charge in [0.2, 0.25) is 0 Å². The fourth-order valence-corrected chi connectivity index (χ4v) is 4.27. The standard InChI is InChI=1S/C7H13F2NO5S2/c1-6-4-2-3-5-10(6)16(11,12)7(8,9)17(13,14)15/h6H,2-5H2,1H3,(H,13,14,15). The molecule has 1 fully saturated rings. The Balaban J connectivity index is 3.19. The maximum Gasteiger partial charge on any atom is 0.484 e. The summed E-state index contributed by atoms with van der Waals surface area (Å²) in [5.41, 5.74) is 0. The van der Waals surface area contributed by atoms with E-state index in [1.807, 2.05) is 0 Å². The van der Waals surface area contributed by atoms with Crippen molar-refractivity contribution in [3.05, 3.63) is 0 Å². The minimum absolute atomic E-state index is 0.172. The number of sulfonamides is 1. The molecule has 0 spiro atoms. The maximum absolute atomic E-state index is 13.2. The van der Waals surface area contributed by atoms with Crippen molar-refractivity contribution in [3.8, 4) is 0 Å². The molecule has 1 aliphatic rings. The SMILES string of the molecule is CC1CCCCN1S(=O)(=O)C(F)(F)S(=O)(=O)O. The molecule has 6 nitrogen and oxygen atoms in total. The van der Waals surface area contributed by atoms with E-state index < -0.39 is 30.8 Å². The van der Waals surface area contributed by atoms with Crippen LogP contribution >= 0.6 is 0 Å². The van der Waals surface area contributed by atoms with E-state index in [2.05, 4.69) is 0 Å². The van der Waals surface area contributed by atoms with Crippen LogP contribution in [0, 0.1) is 0 Å². The molecule has 0 aromatic heterocycles. The Labute approximate surface area is 98.4 Å². The Morgan fingerprint density at radius 1 is 1.24 bits per heavy atom. The van der Waals surface area contributed by atoms with Crippen molar-refractivity contribution >= 4 is 20.1 Å². The van der Waals surface area contributed by atoms with Gasteiger partial charge in [0.15, 0.2) is 0 Å². The molecule has 0 amide bonds. The summed E-state index contributed by atoms with van der Waals surface area (Å²) in [5.74, 6) is 0. The van der Waals surface area contributed by atoms with Gasteiger partial charge in [-0.25, -0.2) is 8.42 Å². The normalized spacial score (nSPS) is 24.8. The Kier molecular flexibility index (Phi) is 3.82. The van der Waals surface area contributed by atoms with E-state index in [1.54, 1.807) is 0 Å². The van der Waals surface area contributed by atoms with Crippen molar-refractivity contribution < 1.29 is 30.2 Å². The number of rotatable bonds is 3. The third kappa shape index (κ3) is 2.44. The van der Waals surface area contributed by atoms with Gasteiger partial charge in [-0.15, -0.1) is 0 Å². The summed E-state index contributed by atoms with van der Waals surface area (Å²) in [6.45, 7) is 1.24. The van der Waals surface area contributed by atoms with Crippen LogP contribution < -0.4 is 0 Å². The van der Waals surface area contributed by atoms with Crippen LogP contribution in [-0.4, -0.2) is 42.9 Å². The number of hydrogen-bond acceptors (Lipinski definition) is 4. The lowest BCUT2D eigenvalue weighted by molar-refractivity contribution is 0.145. The van der Waals surface area contributed by atoms with Gasteiger partial charge in [0.05, 0.1) is 0 Å². The lowest BCUT2D eigenvalue weighted by Gasteiger charge is -2.33. The Bertz CT molecular complexity index is 486. The largest absolute Gasteiger partial charge is 0.484 e. The molecular formula is C7H13F2NO5S2. The summed E-state index contributed by atoms with van der Waals surface area (Å²) in [6, 6.07) is -0.707. The molecule has 17 heavy (non-hydrogen) atoms. The van der Waals surface area contributed by atoms with Crippen molar-refractivity contribution in [2.45, 2.75) is 36.8 Å². The maximum atomic E-state index is 13.2. The van der Waals surface area contributed by atoms with E-state index >= 15 is 0 Å². The number of halogens is 2. The Morgan fingerprint density at radius 3 is 2.18 bits per heavy atom. The topological polar surface area (TPSA) is 91.8 Å². The highest BCUT2D eigenvalue weighted by Gasteiger charge is 2.60. The summed E-state index contributed by atoms with van der Waals surface area (Å²) in [6.07, 6.45) is 1.44. The third-order valence-electron chi connectivity index (χ3n) is 2.65. The van der Waals surface area contributed by atoms with Gasteiger partial charge in [-0.05, 0) is 19.8 Å². The summed E-state index contributed by atoms with van der Waals surface area (Å²) in [4.78, 5) is 0. The predicted octanol–water partition coefficient (Wildman–Crippen LogP) is 0.629. The first-order valence-corrected chi connectivity index (χ1v) is 7.76. The van der Waals surface area contributed by atoms with Crippen LogP contribution in [-0.2, 0) is 20.1 Å². The van der Waals surface area contributed by atoms with Crippen molar-refractivity contribution in [1.29, 1.82) is 0 Å². The lowest BCUT2D eigenvalue weighted by Crippen LogP contribution is -2.52. The Morgan fingerprint density at radius 2 is 1.76 bits per heavy atom. The van der Waals surface area contributed by atoms with Crippen molar-refractivity contribution in [2.24, 2.45) is 0 Å². The van der Waals surface area contributed by atoms with E-state index in [0.717, 1.165) is 0 Å². The van der Waals surface area contributed by atoms with Crippen LogP contribution in [0.5, 0.6) is 0 Å². The third-order valence-corrected chi connectivity index (χ3v) is 6.28. The van der Waals surface area contributed by atoms with E-state index in [-0.39, 0.29) is 6.54 Å². The fraction of sp³-hybridized carbons (Fsp3) is 1.00. The van der Waals surface area contributed by atoms with Gasteiger partial charge < -0.3 is 0 Å². The van der Waals surface area contributed by atoms with E-state index in [4.69, 9.17) is 4.55 Å². The fourth-order valence-electron chi connectivity index (χ4n) is 1.70. The van der Waals surface area contributed by atoms with Gasteiger partial charge in [-0.3, -0.25) is 4.55 Å². The molecule has 102 valence electrons. The second-order valence-corrected chi connectivity index (χ2v) is 7.55. The smallest absolute Gasteiger partial charge is 0.280 e. The number of hydrogen-bond donors (Lipinski definition) is 1. The first-order valence-electron chi connectivity index (χ1n) is 4.88. The van der Waals surface area contributed by atoms with E-state index in [9.17, 15) is 25.6 Å². The summed E-state index contributed by atoms with van der Waals surface area (Å²) in [5, 5.41) is 0. The van der Waals surface area contributed by atoms with Gasteiger partial charge in [0, 0.05) is 12.6 Å². The van der Waals surface area contributed by atoms with E-state index in [0.29, 0.717) is 23.6 Å². The molecule has 0 aromatic carbocycles. The van der Waals surface area contributed by atoms with E-state index in [1.165, 1.54) is 6.92 Å². The molecule has 1 rings (SSSR count). The van der Waals surface area contributed by atoms with Crippen LogP contribution in [0.2, 0.25) is 0 Å². The van der Waals surface area contributed by atoms with Crippen molar-refractivity contribution in [2.75, 3.05) is 6.54 Å². The molecule has 1 aliphatic heterocycles. The highest BCUT2D eigenvalue weighted by molar-refractivity contribution is 8.06. The highest BCUT2D eigenvalue weighted by atomic mass is 32.3. The summed E-state index contributed by atoms with van der Waals surface area (Å²) >= 11 is 0. The van der Waals surface area contributed by atoms with Crippen LogP contribution in [0.15, 0.2) is 0 Å². The first-order chi connectivity index (χ1) is 7.52. The van der Waals surface area contributed by atoms with Crippen LogP contribution in [0.3, 0.4) is 0 Å². The molecule has 10 heteroatoms. The van der Waals surface area contributed by atoms with Crippen LogP contribution in [0.1, 0.15) is 26.2 Å². The second kappa shape index (κ2) is 4.41. The summed E-state index contributed by atoms with van der Waals surface area (Å²) < 4.78 is 73.8. The van der Waals surface area contributed by atoms with Gasteiger partial charge in [0.1, 0.15) is 0 Å². The zero-order valence-electron chi connectivity index (χ0n) is 9.01. The molecule has 0 bridgehead atoms. The van der Waals surface area contributed by atoms with Gasteiger partial charge in [-0.1, -0.05) is 6.42 Å². The number of alkyl halides is 2. The zero-order chi connectivity index (χ0) is 13.5. The van der Waals surface area contributed by atoms with Crippen LogP contribution in [0.4, 0.5) is 8.78 Å². The molecule has 1 saturated heterocycles. The molecule has 0 radical (unpaired) electrons. The second-order valence-electron chi connectivity index (χ2n) is 3.90. The molecule has 0 aliphatic carbocycles. The van der Waals surface area contributed by atoms with Gasteiger partial charge in [-0.2, -0.15) is 21.5 Å². The molecule has 1 unspecified atom stereocenters. The summed E-state index contributed by atoms with van der Waals surface area (Å²) in [7, 11) is -11.4. The minimum Gasteiger partial charge on any atom is -0.280 e. The van der Waals surface area contributed by atoms with Gasteiger partial charge >= 0.3 is 14.7 Å². The average Bonchev–Trinajstić information content (AvgIpc) is 2.16. The zero-order valence-corrected chi connectivity index (χ0v) is 10.6. The van der Waals surface area contributed by atoms with Crippen molar-refractivity contribution in [3.63, 3.8) is 0 Å². The molecular weight excluding hydrogens is 280 g/mol. The molecule has 1 N–H and O–H groups in total. The molecule has 1 atom stereocenters. The monoisotopic (exact) mass is 293 g/mol. The predicted molar refractivity (Wildman–Crippen MR) is 55.4 cm³/mol. The highest BCUT2D eigenvalue weighted by Crippen LogP contribution is 2.34. The average molecular weight is 293 g/mol.